The Kier molecular flexibility index (Phi) is 7.17. The summed E-state index contributed by atoms with van der Waals surface area (Å²) in [7, 11) is 0. The van der Waals surface area contributed by atoms with Crippen molar-refractivity contribution in [1.29, 1.82) is 0 Å². The first-order valence-corrected chi connectivity index (χ1v) is 11.0. The first-order chi connectivity index (χ1) is 14.8. The fourth-order valence-electron chi connectivity index (χ4n) is 3.08. The van der Waals surface area contributed by atoms with E-state index in [-0.39, 0.29) is 12.6 Å². The Hall–Kier alpha value is -3.06. The summed E-state index contributed by atoms with van der Waals surface area (Å²) in [5.74, 6) is -0.123. The van der Waals surface area contributed by atoms with Crippen LogP contribution in [0.4, 0.5) is 10.5 Å². The molecule has 162 valence electrons. The highest BCUT2D eigenvalue weighted by atomic mass is 32.2. The number of ether oxygens (including phenoxy) is 1. The van der Waals surface area contributed by atoms with Crippen molar-refractivity contribution >= 4 is 40.6 Å². The van der Waals surface area contributed by atoms with Crippen molar-refractivity contribution < 1.29 is 19.1 Å². The molecule has 2 aromatic rings. The molecule has 0 radical (unpaired) electrons. The Labute approximate surface area is 186 Å². The maximum absolute atomic E-state index is 12.7. The quantitative estimate of drug-likeness (QED) is 0.605. The first kappa shape index (κ1) is 22.6. The number of benzene rings is 2. The third kappa shape index (κ3) is 5.55. The van der Waals surface area contributed by atoms with Gasteiger partial charge in [0.25, 0.3) is 11.1 Å². The zero-order valence-corrected chi connectivity index (χ0v) is 18.9. The van der Waals surface area contributed by atoms with Crippen molar-refractivity contribution in [2.24, 2.45) is 0 Å². The highest BCUT2D eigenvalue weighted by Gasteiger charge is 2.36. The van der Waals surface area contributed by atoms with Gasteiger partial charge < -0.3 is 10.1 Å². The molecule has 7 heteroatoms. The normalized spacial score (nSPS) is 16.0. The van der Waals surface area contributed by atoms with Crippen LogP contribution < -0.4 is 10.1 Å². The van der Waals surface area contributed by atoms with Gasteiger partial charge in [-0.3, -0.25) is 19.3 Å². The molecule has 3 amide bonds. The molecule has 0 spiro atoms. The molecule has 2 aromatic carbocycles. The van der Waals surface area contributed by atoms with Gasteiger partial charge in [0.2, 0.25) is 5.91 Å². The highest BCUT2D eigenvalue weighted by molar-refractivity contribution is 8.18. The van der Waals surface area contributed by atoms with Gasteiger partial charge >= 0.3 is 0 Å². The molecule has 31 heavy (non-hydrogen) atoms. The van der Waals surface area contributed by atoms with Gasteiger partial charge in [-0.2, -0.15) is 0 Å². The van der Waals surface area contributed by atoms with E-state index in [4.69, 9.17) is 4.74 Å². The van der Waals surface area contributed by atoms with Crippen LogP contribution in [0.2, 0.25) is 0 Å². The Morgan fingerprint density at radius 2 is 1.77 bits per heavy atom. The number of amides is 3. The maximum Gasteiger partial charge on any atom is 0.294 e. The second-order valence-electron chi connectivity index (χ2n) is 7.49. The zero-order valence-electron chi connectivity index (χ0n) is 18.1. The molecule has 1 atom stereocenters. The Balaban J connectivity index is 1.67. The van der Waals surface area contributed by atoms with E-state index in [9.17, 15) is 14.4 Å². The van der Waals surface area contributed by atoms with Gasteiger partial charge in [-0.25, -0.2) is 0 Å². The molecule has 1 N–H and O–H groups in total. The summed E-state index contributed by atoms with van der Waals surface area (Å²) in [6, 6.07) is 13.0. The van der Waals surface area contributed by atoms with Gasteiger partial charge in [0, 0.05) is 5.69 Å². The average molecular weight is 439 g/mol. The molecule has 1 aliphatic rings. The summed E-state index contributed by atoms with van der Waals surface area (Å²) in [5.41, 5.74) is 3.32. The van der Waals surface area contributed by atoms with E-state index in [0.29, 0.717) is 10.6 Å². The number of para-hydroxylation sites is 1. The molecular formula is C24H26N2O4S. The van der Waals surface area contributed by atoms with Gasteiger partial charge in [-0.15, -0.1) is 0 Å². The lowest BCUT2D eigenvalue weighted by atomic mass is 10.1. The lowest BCUT2D eigenvalue weighted by molar-refractivity contribution is -0.127. The van der Waals surface area contributed by atoms with Gasteiger partial charge in [0.05, 0.1) is 11.0 Å². The van der Waals surface area contributed by atoms with Crippen molar-refractivity contribution in [1.82, 2.24) is 4.90 Å². The summed E-state index contributed by atoms with van der Waals surface area (Å²) >= 11 is 0.837. The number of rotatable bonds is 7. The number of aryl methyl sites for hydroxylation is 2. The van der Waals surface area contributed by atoms with Crippen molar-refractivity contribution in [2.75, 3.05) is 11.9 Å². The molecule has 6 nitrogen and oxygen atoms in total. The van der Waals surface area contributed by atoms with E-state index in [1.165, 1.54) is 0 Å². The summed E-state index contributed by atoms with van der Waals surface area (Å²) in [4.78, 5) is 38.8. The third-order valence-corrected chi connectivity index (χ3v) is 5.92. The molecule has 1 aliphatic heterocycles. The van der Waals surface area contributed by atoms with Gasteiger partial charge in [-0.05, 0) is 73.9 Å². The topological polar surface area (TPSA) is 75.7 Å². The summed E-state index contributed by atoms with van der Waals surface area (Å²) in [6.07, 6.45) is 2.68. The van der Waals surface area contributed by atoms with E-state index in [0.717, 1.165) is 45.5 Å². The van der Waals surface area contributed by atoms with Crippen molar-refractivity contribution in [3.8, 4) is 5.75 Å². The third-order valence-electron chi connectivity index (χ3n) is 5.01. The van der Waals surface area contributed by atoms with E-state index in [1.807, 2.05) is 63.2 Å². The van der Waals surface area contributed by atoms with Gasteiger partial charge in [-0.1, -0.05) is 37.3 Å². The van der Waals surface area contributed by atoms with Gasteiger partial charge in [0.1, 0.15) is 12.3 Å². The highest BCUT2D eigenvalue weighted by Crippen LogP contribution is 2.32. The molecule has 0 bridgehead atoms. The van der Waals surface area contributed by atoms with E-state index >= 15 is 0 Å². The first-order valence-electron chi connectivity index (χ1n) is 10.2. The number of nitrogens with one attached hydrogen (secondary N) is 1. The van der Waals surface area contributed by atoms with Crippen LogP contribution in [-0.4, -0.2) is 34.6 Å². The minimum Gasteiger partial charge on any atom is -0.491 e. The number of anilines is 1. The molecule has 1 saturated heterocycles. The second-order valence-corrected chi connectivity index (χ2v) is 8.48. The molecule has 0 aromatic heterocycles. The Bertz CT molecular complexity index is 1010. The predicted octanol–water partition coefficient (Wildman–Crippen LogP) is 5.16. The Morgan fingerprint density at radius 3 is 2.39 bits per heavy atom. The van der Waals surface area contributed by atoms with Crippen molar-refractivity contribution in [3.05, 3.63) is 64.1 Å². The van der Waals surface area contributed by atoms with Crippen LogP contribution in [0.15, 0.2) is 47.4 Å². The minimum absolute atomic E-state index is 0.122. The number of carbonyl (C=O) groups is 3. The Morgan fingerprint density at radius 1 is 1.13 bits per heavy atom. The standard InChI is InChI=1S/C24H26N2O4S/c1-5-17(4)30-19-11-9-18(10-12-19)13-20-23(28)26(24(29)31-20)14-21(27)25-22-15(2)7-6-8-16(22)3/h6-13,17H,5,14H2,1-4H3,(H,25,27)/b20-13-/t17-/m1/s1. The van der Waals surface area contributed by atoms with Crippen LogP contribution in [0.25, 0.3) is 6.08 Å². The van der Waals surface area contributed by atoms with Crippen molar-refractivity contribution in [2.45, 2.75) is 40.2 Å². The molecule has 1 heterocycles. The number of imide groups is 1. The van der Waals surface area contributed by atoms with Crippen LogP contribution in [0.5, 0.6) is 5.75 Å². The lowest BCUT2D eigenvalue weighted by Gasteiger charge is -2.15. The fraction of sp³-hybridized carbons (Fsp3) is 0.292. The van der Waals surface area contributed by atoms with Crippen LogP contribution >= 0.6 is 11.8 Å². The van der Waals surface area contributed by atoms with Crippen LogP contribution in [0.3, 0.4) is 0 Å². The molecule has 0 aliphatic carbocycles. The van der Waals surface area contributed by atoms with Crippen LogP contribution in [0.1, 0.15) is 37.0 Å². The van der Waals surface area contributed by atoms with E-state index in [2.05, 4.69) is 12.2 Å². The lowest BCUT2D eigenvalue weighted by Crippen LogP contribution is -2.36. The molecular weight excluding hydrogens is 412 g/mol. The largest absolute Gasteiger partial charge is 0.491 e. The monoisotopic (exact) mass is 438 g/mol. The van der Waals surface area contributed by atoms with Crippen molar-refractivity contribution in [3.63, 3.8) is 0 Å². The number of hydrogen-bond acceptors (Lipinski definition) is 5. The maximum atomic E-state index is 12.7. The number of nitrogens with zero attached hydrogens (tertiary/aromatic N) is 1. The van der Waals surface area contributed by atoms with Crippen LogP contribution in [0, 0.1) is 13.8 Å². The summed E-state index contributed by atoms with van der Waals surface area (Å²) < 4.78 is 5.75. The minimum atomic E-state index is -0.466. The predicted molar refractivity (Wildman–Crippen MR) is 124 cm³/mol. The van der Waals surface area contributed by atoms with E-state index in [1.54, 1.807) is 6.08 Å². The van der Waals surface area contributed by atoms with Gasteiger partial charge in [0.15, 0.2) is 0 Å². The number of hydrogen-bond donors (Lipinski definition) is 1. The molecule has 3 rings (SSSR count). The van der Waals surface area contributed by atoms with Crippen LogP contribution in [-0.2, 0) is 9.59 Å². The molecule has 1 fully saturated rings. The fourth-order valence-corrected chi connectivity index (χ4v) is 3.92. The average Bonchev–Trinajstić information content (AvgIpc) is 2.99. The molecule has 0 saturated carbocycles. The molecule has 0 unspecified atom stereocenters. The smallest absolute Gasteiger partial charge is 0.294 e. The number of thioether (sulfide) groups is 1. The SMILES string of the molecule is CC[C@@H](C)Oc1ccc(/C=C2\SC(=O)N(CC(=O)Nc3c(C)cccc3C)C2=O)cc1. The summed E-state index contributed by atoms with van der Waals surface area (Å²) in [5, 5.41) is 2.36. The second kappa shape index (κ2) is 9.83. The summed E-state index contributed by atoms with van der Waals surface area (Å²) in [6.45, 7) is 7.52. The zero-order chi connectivity index (χ0) is 22.5. The number of carbonyl (C=O) groups excluding carboxylic acids is 3. The van der Waals surface area contributed by atoms with E-state index < -0.39 is 17.1 Å².